The SMILES string of the molecule is CNC(=O)C1CN(Cc2cccc3ncccc23)Cc2cn(C)nc21. The van der Waals surface area contributed by atoms with E-state index in [0.29, 0.717) is 6.54 Å². The number of benzene rings is 1. The molecule has 0 aliphatic carbocycles. The summed E-state index contributed by atoms with van der Waals surface area (Å²) < 4.78 is 1.80. The summed E-state index contributed by atoms with van der Waals surface area (Å²) in [5.41, 5.74) is 4.26. The van der Waals surface area contributed by atoms with E-state index in [-0.39, 0.29) is 11.8 Å². The fraction of sp³-hybridized carbons (Fsp3) is 0.316. The van der Waals surface area contributed by atoms with Crippen molar-refractivity contribution in [2.75, 3.05) is 13.6 Å². The maximum absolute atomic E-state index is 12.4. The Kier molecular flexibility index (Phi) is 3.97. The predicted octanol–water partition coefficient (Wildman–Crippen LogP) is 1.81. The summed E-state index contributed by atoms with van der Waals surface area (Å²) in [7, 11) is 3.58. The molecular weight excluding hydrogens is 314 g/mol. The monoisotopic (exact) mass is 335 g/mol. The van der Waals surface area contributed by atoms with Gasteiger partial charge in [0.1, 0.15) is 0 Å². The lowest BCUT2D eigenvalue weighted by molar-refractivity contribution is -0.123. The molecule has 1 aliphatic rings. The Morgan fingerprint density at radius 1 is 1.32 bits per heavy atom. The number of amides is 1. The van der Waals surface area contributed by atoms with Gasteiger partial charge in [-0.15, -0.1) is 0 Å². The molecule has 1 aliphatic heterocycles. The van der Waals surface area contributed by atoms with Crippen molar-refractivity contribution in [1.82, 2.24) is 25.0 Å². The summed E-state index contributed by atoms with van der Waals surface area (Å²) in [6, 6.07) is 10.3. The molecule has 6 nitrogen and oxygen atoms in total. The molecule has 128 valence electrons. The van der Waals surface area contributed by atoms with E-state index in [4.69, 9.17) is 0 Å². The number of aryl methyl sites for hydroxylation is 1. The highest BCUT2D eigenvalue weighted by Crippen LogP contribution is 2.29. The molecule has 3 aromatic rings. The van der Waals surface area contributed by atoms with Gasteiger partial charge in [0, 0.05) is 57.1 Å². The molecule has 1 N–H and O–H groups in total. The number of likely N-dealkylation sites (N-methyl/N-ethyl adjacent to an activating group) is 1. The number of carbonyl (C=O) groups excluding carboxylic acids is 1. The molecule has 0 spiro atoms. The number of hydrogen-bond donors (Lipinski definition) is 1. The van der Waals surface area contributed by atoms with E-state index in [1.54, 1.807) is 11.7 Å². The third kappa shape index (κ3) is 2.89. The Bertz CT molecular complexity index is 927. The maximum atomic E-state index is 12.4. The summed E-state index contributed by atoms with van der Waals surface area (Å²) in [4.78, 5) is 19.1. The van der Waals surface area contributed by atoms with Crippen molar-refractivity contribution in [3.05, 3.63) is 59.5 Å². The molecule has 2 aromatic heterocycles. The quantitative estimate of drug-likeness (QED) is 0.793. The van der Waals surface area contributed by atoms with Gasteiger partial charge in [0.25, 0.3) is 0 Å². The summed E-state index contributed by atoms with van der Waals surface area (Å²) in [5, 5.41) is 8.45. The fourth-order valence-corrected chi connectivity index (χ4v) is 3.67. The van der Waals surface area contributed by atoms with Crippen LogP contribution in [0.25, 0.3) is 10.9 Å². The number of nitrogens with one attached hydrogen (secondary N) is 1. The molecule has 0 saturated heterocycles. The zero-order chi connectivity index (χ0) is 17.4. The average Bonchev–Trinajstić information content (AvgIpc) is 3.01. The third-order valence-corrected chi connectivity index (χ3v) is 4.79. The first-order chi connectivity index (χ1) is 12.2. The lowest BCUT2D eigenvalue weighted by Crippen LogP contribution is -2.40. The first kappa shape index (κ1) is 15.8. The van der Waals surface area contributed by atoms with Crippen molar-refractivity contribution in [3.8, 4) is 0 Å². The molecule has 25 heavy (non-hydrogen) atoms. The van der Waals surface area contributed by atoms with Gasteiger partial charge in [-0.3, -0.25) is 19.4 Å². The largest absolute Gasteiger partial charge is 0.359 e. The molecule has 0 radical (unpaired) electrons. The van der Waals surface area contributed by atoms with Crippen LogP contribution < -0.4 is 5.32 Å². The van der Waals surface area contributed by atoms with Crippen molar-refractivity contribution in [3.63, 3.8) is 0 Å². The molecule has 1 aromatic carbocycles. The van der Waals surface area contributed by atoms with Gasteiger partial charge in [0.15, 0.2) is 0 Å². The molecule has 1 amide bonds. The van der Waals surface area contributed by atoms with Crippen LogP contribution in [0.15, 0.2) is 42.7 Å². The van der Waals surface area contributed by atoms with Gasteiger partial charge in [-0.05, 0) is 17.7 Å². The van der Waals surface area contributed by atoms with Gasteiger partial charge in [-0.1, -0.05) is 18.2 Å². The van der Waals surface area contributed by atoms with Crippen LogP contribution in [0.2, 0.25) is 0 Å². The standard InChI is InChI=1S/C19H21N5O/c1-20-19(25)16-12-24(11-14-9-23(2)22-18(14)16)10-13-5-3-7-17-15(13)6-4-8-21-17/h3-9,16H,10-12H2,1-2H3,(H,20,25). The van der Waals surface area contributed by atoms with Crippen LogP contribution in [0.4, 0.5) is 0 Å². The van der Waals surface area contributed by atoms with Crippen LogP contribution >= 0.6 is 0 Å². The van der Waals surface area contributed by atoms with Gasteiger partial charge in [0.2, 0.25) is 5.91 Å². The minimum Gasteiger partial charge on any atom is -0.359 e. The third-order valence-electron chi connectivity index (χ3n) is 4.79. The molecule has 0 fully saturated rings. The van der Waals surface area contributed by atoms with E-state index in [9.17, 15) is 4.79 Å². The lowest BCUT2D eigenvalue weighted by Gasteiger charge is -2.31. The highest BCUT2D eigenvalue weighted by atomic mass is 16.1. The summed E-state index contributed by atoms with van der Waals surface area (Å²) >= 11 is 0. The van der Waals surface area contributed by atoms with Crippen LogP contribution in [-0.2, 0) is 24.9 Å². The molecule has 1 atom stereocenters. The number of nitrogens with zero attached hydrogens (tertiary/aromatic N) is 4. The van der Waals surface area contributed by atoms with Gasteiger partial charge >= 0.3 is 0 Å². The number of aromatic nitrogens is 3. The van der Waals surface area contributed by atoms with Crippen LogP contribution in [-0.4, -0.2) is 39.2 Å². The summed E-state index contributed by atoms with van der Waals surface area (Å²) in [6.07, 6.45) is 3.83. The van der Waals surface area contributed by atoms with Crippen molar-refractivity contribution in [2.24, 2.45) is 7.05 Å². The Morgan fingerprint density at radius 3 is 3.04 bits per heavy atom. The Balaban J connectivity index is 1.66. The van der Waals surface area contributed by atoms with Gasteiger partial charge in [-0.2, -0.15) is 5.10 Å². The number of hydrogen-bond acceptors (Lipinski definition) is 4. The first-order valence-electron chi connectivity index (χ1n) is 8.44. The van der Waals surface area contributed by atoms with E-state index in [1.807, 2.05) is 37.6 Å². The number of carbonyl (C=O) groups is 1. The van der Waals surface area contributed by atoms with Crippen molar-refractivity contribution in [1.29, 1.82) is 0 Å². The highest BCUT2D eigenvalue weighted by molar-refractivity contribution is 5.84. The lowest BCUT2D eigenvalue weighted by atomic mass is 9.95. The molecule has 0 bridgehead atoms. The number of rotatable bonds is 3. The Labute approximate surface area is 146 Å². The Morgan fingerprint density at radius 2 is 2.20 bits per heavy atom. The molecule has 6 heteroatoms. The van der Waals surface area contributed by atoms with E-state index < -0.39 is 0 Å². The van der Waals surface area contributed by atoms with Gasteiger partial charge < -0.3 is 5.32 Å². The molecule has 3 heterocycles. The van der Waals surface area contributed by atoms with Crippen LogP contribution in [0, 0.1) is 0 Å². The topological polar surface area (TPSA) is 63.1 Å². The van der Waals surface area contributed by atoms with E-state index in [1.165, 1.54) is 10.9 Å². The zero-order valence-corrected chi connectivity index (χ0v) is 14.4. The minimum absolute atomic E-state index is 0.0178. The van der Waals surface area contributed by atoms with Crippen molar-refractivity contribution in [2.45, 2.75) is 19.0 Å². The normalized spacial score (nSPS) is 17.4. The number of fused-ring (bicyclic) bond motifs is 2. The first-order valence-corrected chi connectivity index (χ1v) is 8.44. The second kappa shape index (κ2) is 6.29. The van der Waals surface area contributed by atoms with Crippen LogP contribution in [0.3, 0.4) is 0 Å². The predicted molar refractivity (Wildman–Crippen MR) is 95.9 cm³/mol. The van der Waals surface area contributed by atoms with Gasteiger partial charge in [-0.25, -0.2) is 0 Å². The van der Waals surface area contributed by atoms with Crippen molar-refractivity contribution >= 4 is 16.8 Å². The molecule has 0 saturated carbocycles. The zero-order valence-electron chi connectivity index (χ0n) is 14.4. The highest BCUT2D eigenvalue weighted by Gasteiger charge is 2.32. The van der Waals surface area contributed by atoms with Crippen LogP contribution in [0.5, 0.6) is 0 Å². The summed E-state index contributed by atoms with van der Waals surface area (Å²) in [5.74, 6) is -0.215. The second-order valence-electron chi connectivity index (χ2n) is 6.54. The van der Waals surface area contributed by atoms with E-state index in [0.717, 1.165) is 29.9 Å². The molecular formula is C19H21N5O. The van der Waals surface area contributed by atoms with Crippen molar-refractivity contribution < 1.29 is 4.79 Å². The summed E-state index contributed by atoms with van der Waals surface area (Å²) in [6.45, 7) is 2.25. The minimum atomic E-state index is -0.233. The second-order valence-corrected chi connectivity index (χ2v) is 6.54. The fourth-order valence-electron chi connectivity index (χ4n) is 3.67. The average molecular weight is 335 g/mol. The van der Waals surface area contributed by atoms with Crippen LogP contribution in [0.1, 0.15) is 22.7 Å². The molecule has 1 unspecified atom stereocenters. The smallest absolute Gasteiger partial charge is 0.230 e. The van der Waals surface area contributed by atoms with Gasteiger partial charge in [0.05, 0.1) is 17.1 Å². The Hall–Kier alpha value is -2.73. The van der Waals surface area contributed by atoms with E-state index in [2.05, 4.69) is 32.4 Å². The van der Waals surface area contributed by atoms with E-state index >= 15 is 0 Å². The maximum Gasteiger partial charge on any atom is 0.230 e. The molecule has 4 rings (SSSR count). The number of pyridine rings is 1.